The molecule has 0 bridgehead atoms. The summed E-state index contributed by atoms with van der Waals surface area (Å²) in [5.74, 6) is -0.217. The van der Waals surface area contributed by atoms with E-state index in [4.69, 9.17) is 11.6 Å². The second kappa shape index (κ2) is 5.92. The van der Waals surface area contributed by atoms with Crippen LogP contribution in [0.5, 0.6) is 0 Å². The smallest absolute Gasteiger partial charge is 0.251 e. The summed E-state index contributed by atoms with van der Waals surface area (Å²) in [7, 11) is 1.48. The summed E-state index contributed by atoms with van der Waals surface area (Å²) in [6.45, 7) is -0.447. The van der Waals surface area contributed by atoms with Crippen LogP contribution in [0.4, 0.5) is 8.78 Å². The Morgan fingerprint density at radius 1 is 1.50 bits per heavy atom. The molecular formula is C11H12ClF2NO. The molecule has 2 nitrogen and oxygen atoms in total. The van der Waals surface area contributed by atoms with E-state index < -0.39 is 13.0 Å². The van der Waals surface area contributed by atoms with Crippen molar-refractivity contribution in [3.63, 3.8) is 0 Å². The van der Waals surface area contributed by atoms with Gasteiger partial charge in [-0.3, -0.25) is 9.69 Å². The summed E-state index contributed by atoms with van der Waals surface area (Å²) in [4.78, 5) is 12.9. The molecule has 88 valence electrons. The molecular weight excluding hydrogens is 236 g/mol. The highest BCUT2D eigenvalue weighted by Gasteiger charge is 2.13. The first-order valence-electron chi connectivity index (χ1n) is 4.74. The summed E-state index contributed by atoms with van der Waals surface area (Å²) < 4.78 is 24.1. The number of hydrogen-bond acceptors (Lipinski definition) is 2. The third kappa shape index (κ3) is 4.24. The molecule has 0 aromatic heterocycles. The lowest BCUT2D eigenvalue weighted by Crippen LogP contribution is -2.30. The Labute approximate surface area is 97.8 Å². The van der Waals surface area contributed by atoms with E-state index in [1.807, 2.05) is 0 Å². The Balaban J connectivity index is 2.59. The topological polar surface area (TPSA) is 20.3 Å². The van der Waals surface area contributed by atoms with E-state index in [0.717, 1.165) is 0 Å². The second-order valence-corrected chi connectivity index (χ2v) is 3.96. The Bertz CT molecular complexity index is 371. The van der Waals surface area contributed by atoms with Crippen LogP contribution in [0.25, 0.3) is 0 Å². The minimum Gasteiger partial charge on any atom is -0.293 e. The number of Topliss-reactive ketones (excluding diaryl/α,β-unsaturated/α-hetero) is 1. The zero-order valence-electron chi connectivity index (χ0n) is 8.79. The zero-order valence-corrected chi connectivity index (χ0v) is 9.55. The lowest BCUT2D eigenvalue weighted by Gasteiger charge is -2.14. The lowest BCUT2D eigenvalue weighted by molar-refractivity contribution is 0.0820. The van der Waals surface area contributed by atoms with E-state index in [9.17, 15) is 13.6 Å². The van der Waals surface area contributed by atoms with Gasteiger partial charge in [-0.1, -0.05) is 23.7 Å². The van der Waals surface area contributed by atoms with Gasteiger partial charge in [0.25, 0.3) is 6.43 Å². The van der Waals surface area contributed by atoms with Gasteiger partial charge in [0.1, 0.15) is 0 Å². The molecule has 0 saturated heterocycles. The number of ketones is 1. The van der Waals surface area contributed by atoms with Crippen LogP contribution in [0.3, 0.4) is 0 Å². The summed E-state index contributed by atoms with van der Waals surface area (Å²) in [6, 6.07) is 6.45. The fourth-order valence-corrected chi connectivity index (χ4v) is 1.49. The SMILES string of the molecule is CN(CC(=O)c1cccc(Cl)c1)CC(F)F. The zero-order chi connectivity index (χ0) is 12.1. The van der Waals surface area contributed by atoms with E-state index in [2.05, 4.69) is 0 Å². The maximum atomic E-state index is 12.0. The van der Waals surface area contributed by atoms with Crippen molar-refractivity contribution >= 4 is 17.4 Å². The molecule has 0 atom stereocenters. The van der Waals surface area contributed by atoms with E-state index in [1.54, 1.807) is 18.2 Å². The van der Waals surface area contributed by atoms with Gasteiger partial charge in [0.2, 0.25) is 0 Å². The molecule has 0 aliphatic rings. The largest absolute Gasteiger partial charge is 0.293 e. The first-order valence-corrected chi connectivity index (χ1v) is 5.12. The van der Waals surface area contributed by atoms with Crippen LogP contribution in [0, 0.1) is 0 Å². The highest BCUT2D eigenvalue weighted by Crippen LogP contribution is 2.11. The molecule has 5 heteroatoms. The Morgan fingerprint density at radius 3 is 2.75 bits per heavy atom. The monoisotopic (exact) mass is 247 g/mol. The predicted molar refractivity (Wildman–Crippen MR) is 59.3 cm³/mol. The average Bonchev–Trinajstić information content (AvgIpc) is 2.16. The third-order valence-corrected chi connectivity index (χ3v) is 2.24. The molecule has 0 spiro atoms. The van der Waals surface area contributed by atoms with Gasteiger partial charge in [-0.2, -0.15) is 0 Å². The van der Waals surface area contributed by atoms with Crippen molar-refractivity contribution in [3.8, 4) is 0 Å². The van der Waals surface area contributed by atoms with Gasteiger partial charge in [-0.25, -0.2) is 8.78 Å². The molecule has 1 aromatic carbocycles. The summed E-state index contributed by atoms with van der Waals surface area (Å²) in [5.41, 5.74) is 0.439. The first-order chi connectivity index (χ1) is 7.49. The maximum absolute atomic E-state index is 12.0. The van der Waals surface area contributed by atoms with Gasteiger partial charge in [-0.15, -0.1) is 0 Å². The molecule has 16 heavy (non-hydrogen) atoms. The molecule has 0 radical (unpaired) electrons. The van der Waals surface area contributed by atoms with Crippen LogP contribution in [-0.4, -0.2) is 37.2 Å². The highest BCUT2D eigenvalue weighted by atomic mass is 35.5. The minimum absolute atomic E-state index is 0.0370. The number of rotatable bonds is 5. The number of alkyl halides is 2. The molecule has 1 aromatic rings. The van der Waals surface area contributed by atoms with Gasteiger partial charge < -0.3 is 0 Å². The molecule has 0 N–H and O–H groups in total. The fraction of sp³-hybridized carbons (Fsp3) is 0.364. The molecule has 0 aliphatic heterocycles. The van der Waals surface area contributed by atoms with Crippen LogP contribution in [-0.2, 0) is 0 Å². The lowest BCUT2D eigenvalue weighted by atomic mass is 10.1. The predicted octanol–water partition coefficient (Wildman–Crippen LogP) is 2.72. The van der Waals surface area contributed by atoms with Crippen LogP contribution in [0.15, 0.2) is 24.3 Å². The van der Waals surface area contributed by atoms with Crippen molar-refractivity contribution in [2.24, 2.45) is 0 Å². The second-order valence-electron chi connectivity index (χ2n) is 3.52. The average molecular weight is 248 g/mol. The van der Waals surface area contributed by atoms with Gasteiger partial charge in [0, 0.05) is 10.6 Å². The quantitative estimate of drug-likeness (QED) is 0.746. The number of benzene rings is 1. The summed E-state index contributed by atoms with van der Waals surface area (Å²) in [6.07, 6.45) is -2.43. The molecule has 0 heterocycles. The normalized spacial score (nSPS) is 11.1. The number of likely N-dealkylation sites (N-methyl/N-ethyl adjacent to an activating group) is 1. The van der Waals surface area contributed by atoms with Gasteiger partial charge in [0.15, 0.2) is 5.78 Å². The molecule has 0 amide bonds. The van der Waals surface area contributed by atoms with Crippen molar-refractivity contribution in [1.82, 2.24) is 4.90 Å². The van der Waals surface area contributed by atoms with Crippen LogP contribution in [0.2, 0.25) is 5.02 Å². The maximum Gasteiger partial charge on any atom is 0.251 e. The van der Waals surface area contributed by atoms with E-state index in [-0.39, 0.29) is 12.3 Å². The third-order valence-electron chi connectivity index (χ3n) is 2.01. The molecule has 0 unspecified atom stereocenters. The van der Waals surface area contributed by atoms with E-state index >= 15 is 0 Å². The minimum atomic E-state index is -2.43. The standard InChI is InChI=1S/C11H12ClF2NO/c1-15(7-11(13)14)6-10(16)8-3-2-4-9(12)5-8/h2-5,11H,6-7H2,1H3. The number of carbonyl (C=O) groups is 1. The van der Waals surface area contributed by atoms with Crippen molar-refractivity contribution in [2.75, 3.05) is 20.1 Å². The molecule has 1 rings (SSSR count). The van der Waals surface area contributed by atoms with E-state index in [0.29, 0.717) is 10.6 Å². The number of halogens is 3. The van der Waals surface area contributed by atoms with Crippen molar-refractivity contribution < 1.29 is 13.6 Å². The Hall–Kier alpha value is -1.00. The van der Waals surface area contributed by atoms with Gasteiger partial charge in [0.05, 0.1) is 13.1 Å². The van der Waals surface area contributed by atoms with Crippen molar-refractivity contribution in [1.29, 1.82) is 0 Å². The van der Waals surface area contributed by atoms with Gasteiger partial charge >= 0.3 is 0 Å². The number of hydrogen-bond donors (Lipinski definition) is 0. The van der Waals surface area contributed by atoms with Crippen molar-refractivity contribution in [3.05, 3.63) is 34.9 Å². The van der Waals surface area contributed by atoms with Crippen LogP contribution < -0.4 is 0 Å². The number of carbonyl (C=O) groups excluding carboxylic acids is 1. The van der Waals surface area contributed by atoms with E-state index in [1.165, 1.54) is 18.0 Å². The molecule has 0 fully saturated rings. The Morgan fingerprint density at radius 2 is 2.19 bits per heavy atom. The number of nitrogens with zero attached hydrogens (tertiary/aromatic N) is 1. The van der Waals surface area contributed by atoms with Crippen molar-refractivity contribution in [2.45, 2.75) is 6.43 Å². The fourth-order valence-electron chi connectivity index (χ4n) is 1.30. The molecule has 0 aliphatic carbocycles. The van der Waals surface area contributed by atoms with Gasteiger partial charge in [-0.05, 0) is 19.2 Å². The summed E-state index contributed by atoms with van der Waals surface area (Å²) >= 11 is 5.72. The molecule has 0 saturated carbocycles. The Kier molecular flexibility index (Phi) is 4.83. The van der Waals surface area contributed by atoms with Crippen LogP contribution >= 0.6 is 11.6 Å². The highest BCUT2D eigenvalue weighted by molar-refractivity contribution is 6.31. The summed E-state index contributed by atoms with van der Waals surface area (Å²) in [5, 5.41) is 0.461. The first kappa shape index (κ1) is 13.1. The van der Waals surface area contributed by atoms with Crippen LogP contribution in [0.1, 0.15) is 10.4 Å².